The standard InChI is InChI=1S/C8H13NS/c1-3-8(4-2)9-6-5-7-10-9/h3-4H,1,5-7H2,2H3/b8-4+. The Labute approximate surface area is 66.9 Å². The van der Waals surface area contributed by atoms with Crippen LogP contribution in [0.3, 0.4) is 0 Å². The van der Waals surface area contributed by atoms with Crippen LogP contribution in [-0.4, -0.2) is 16.6 Å². The van der Waals surface area contributed by atoms with E-state index >= 15 is 0 Å². The molecule has 0 amide bonds. The average Bonchev–Trinajstić information content (AvgIpc) is 2.43. The molecule has 1 heterocycles. The van der Waals surface area contributed by atoms with Gasteiger partial charge in [0.25, 0.3) is 0 Å². The first-order chi connectivity index (χ1) is 4.88. The molecule has 1 nitrogen and oxygen atoms in total. The smallest absolute Gasteiger partial charge is 0.0421 e. The van der Waals surface area contributed by atoms with E-state index in [0.29, 0.717) is 0 Å². The van der Waals surface area contributed by atoms with Crippen molar-refractivity contribution in [2.24, 2.45) is 0 Å². The van der Waals surface area contributed by atoms with Crippen LogP contribution >= 0.6 is 11.9 Å². The first-order valence-corrected chi connectivity index (χ1v) is 4.52. The van der Waals surface area contributed by atoms with E-state index in [-0.39, 0.29) is 0 Å². The van der Waals surface area contributed by atoms with Crippen LogP contribution in [0.15, 0.2) is 24.4 Å². The summed E-state index contributed by atoms with van der Waals surface area (Å²) in [5.41, 5.74) is 1.25. The minimum atomic E-state index is 1.18. The molecule has 1 saturated heterocycles. The summed E-state index contributed by atoms with van der Waals surface area (Å²) in [5, 5.41) is 0. The lowest BCUT2D eigenvalue weighted by Gasteiger charge is -2.15. The van der Waals surface area contributed by atoms with E-state index in [1.54, 1.807) is 0 Å². The zero-order valence-electron chi connectivity index (χ0n) is 6.34. The molecule has 0 aliphatic carbocycles. The van der Waals surface area contributed by atoms with E-state index in [4.69, 9.17) is 0 Å². The fraction of sp³-hybridized carbons (Fsp3) is 0.500. The molecule has 56 valence electrons. The molecule has 1 rings (SSSR count). The summed E-state index contributed by atoms with van der Waals surface area (Å²) in [5.74, 6) is 1.26. The SMILES string of the molecule is C=C/C(=C\C)N1CCCS1. The van der Waals surface area contributed by atoms with E-state index < -0.39 is 0 Å². The van der Waals surface area contributed by atoms with Crippen LogP contribution in [0.5, 0.6) is 0 Å². The van der Waals surface area contributed by atoms with Gasteiger partial charge in [-0.3, -0.25) is 0 Å². The molecule has 0 atom stereocenters. The van der Waals surface area contributed by atoms with Crippen molar-refractivity contribution in [2.45, 2.75) is 13.3 Å². The maximum absolute atomic E-state index is 3.75. The Bertz CT molecular complexity index is 145. The molecule has 0 saturated carbocycles. The van der Waals surface area contributed by atoms with Crippen LogP contribution in [0.2, 0.25) is 0 Å². The lowest BCUT2D eigenvalue weighted by Crippen LogP contribution is -2.08. The minimum absolute atomic E-state index is 1.18. The Morgan fingerprint density at radius 2 is 2.50 bits per heavy atom. The highest BCUT2D eigenvalue weighted by Gasteiger charge is 2.12. The molecule has 0 aromatic heterocycles. The van der Waals surface area contributed by atoms with Crippen LogP contribution in [0.25, 0.3) is 0 Å². The van der Waals surface area contributed by atoms with Crippen LogP contribution in [-0.2, 0) is 0 Å². The Balaban J connectivity index is 2.53. The van der Waals surface area contributed by atoms with Crippen molar-refractivity contribution in [2.75, 3.05) is 12.3 Å². The normalized spacial score (nSPS) is 19.7. The summed E-state index contributed by atoms with van der Waals surface area (Å²) >= 11 is 1.89. The predicted molar refractivity (Wildman–Crippen MR) is 47.7 cm³/mol. The topological polar surface area (TPSA) is 3.24 Å². The Kier molecular flexibility index (Phi) is 2.87. The molecule has 1 aliphatic rings. The maximum atomic E-state index is 3.75. The van der Waals surface area contributed by atoms with Gasteiger partial charge in [0.05, 0.1) is 0 Å². The van der Waals surface area contributed by atoms with Crippen LogP contribution in [0.1, 0.15) is 13.3 Å². The van der Waals surface area contributed by atoms with E-state index in [1.165, 1.54) is 24.4 Å². The molecule has 0 aromatic carbocycles. The lowest BCUT2D eigenvalue weighted by atomic mass is 10.4. The molecule has 0 aromatic rings. The van der Waals surface area contributed by atoms with Crippen molar-refractivity contribution >= 4 is 11.9 Å². The zero-order valence-corrected chi connectivity index (χ0v) is 7.16. The summed E-state index contributed by atoms with van der Waals surface area (Å²) in [6, 6.07) is 0. The van der Waals surface area contributed by atoms with E-state index in [2.05, 4.69) is 23.9 Å². The third kappa shape index (κ3) is 1.57. The van der Waals surface area contributed by atoms with Gasteiger partial charge in [0.15, 0.2) is 0 Å². The quantitative estimate of drug-likeness (QED) is 0.445. The highest BCUT2D eigenvalue weighted by atomic mass is 32.2. The second-order valence-corrected chi connectivity index (χ2v) is 3.31. The molecular formula is C8H13NS. The molecule has 1 fully saturated rings. The first-order valence-electron chi connectivity index (χ1n) is 3.57. The van der Waals surface area contributed by atoms with Crippen molar-refractivity contribution in [3.63, 3.8) is 0 Å². The van der Waals surface area contributed by atoms with Gasteiger partial charge < -0.3 is 4.31 Å². The Morgan fingerprint density at radius 1 is 1.70 bits per heavy atom. The summed E-state index contributed by atoms with van der Waals surface area (Å²) in [6.45, 7) is 6.98. The van der Waals surface area contributed by atoms with Crippen LogP contribution < -0.4 is 0 Å². The molecule has 0 bridgehead atoms. The highest BCUT2D eigenvalue weighted by molar-refractivity contribution is 7.97. The third-order valence-corrected chi connectivity index (χ3v) is 2.72. The second kappa shape index (κ2) is 3.71. The maximum Gasteiger partial charge on any atom is 0.0421 e. The van der Waals surface area contributed by atoms with Crippen molar-refractivity contribution < 1.29 is 0 Å². The highest BCUT2D eigenvalue weighted by Crippen LogP contribution is 2.25. The van der Waals surface area contributed by atoms with E-state index in [0.717, 1.165) is 0 Å². The van der Waals surface area contributed by atoms with Gasteiger partial charge >= 0.3 is 0 Å². The van der Waals surface area contributed by atoms with Gasteiger partial charge in [-0.05, 0) is 31.4 Å². The number of rotatable bonds is 2. The fourth-order valence-corrected chi connectivity index (χ4v) is 2.08. The molecule has 0 unspecified atom stereocenters. The van der Waals surface area contributed by atoms with Crippen LogP contribution in [0, 0.1) is 0 Å². The van der Waals surface area contributed by atoms with E-state index in [9.17, 15) is 0 Å². The number of nitrogens with zero attached hydrogens (tertiary/aromatic N) is 1. The molecule has 10 heavy (non-hydrogen) atoms. The van der Waals surface area contributed by atoms with Gasteiger partial charge in [0, 0.05) is 18.0 Å². The minimum Gasteiger partial charge on any atom is -0.317 e. The van der Waals surface area contributed by atoms with E-state index in [1.807, 2.05) is 18.0 Å². The van der Waals surface area contributed by atoms with Gasteiger partial charge in [-0.25, -0.2) is 0 Å². The summed E-state index contributed by atoms with van der Waals surface area (Å²) < 4.78 is 2.30. The van der Waals surface area contributed by atoms with Crippen molar-refractivity contribution in [3.05, 3.63) is 24.4 Å². The lowest BCUT2D eigenvalue weighted by molar-refractivity contribution is 0.616. The Hall–Kier alpha value is -0.370. The summed E-state index contributed by atoms with van der Waals surface area (Å²) in [7, 11) is 0. The monoisotopic (exact) mass is 155 g/mol. The number of allylic oxidation sites excluding steroid dienone is 2. The van der Waals surface area contributed by atoms with Gasteiger partial charge in [0.2, 0.25) is 0 Å². The fourth-order valence-electron chi connectivity index (χ4n) is 1.01. The van der Waals surface area contributed by atoms with Gasteiger partial charge in [-0.1, -0.05) is 12.7 Å². The molecule has 0 N–H and O–H groups in total. The van der Waals surface area contributed by atoms with Crippen molar-refractivity contribution in [1.29, 1.82) is 0 Å². The summed E-state index contributed by atoms with van der Waals surface area (Å²) in [6.07, 6.45) is 5.32. The molecule has 2 heteroatoms. The van der Waals surface area contributed by atoms with Gasteiger partial charge in [-0.2, -0.15) is 0 Å². The molecular weight excluding hydrogens is 142 g/mol. The molecule has 1 aliphatic heterocycles. The number of hydrogen-bond acceptors (Lipinski definition) is 2. The summed E-state index contributed by atoms with van der Waals surface area (Å²) in [4.78, 5) is 0. The molecule has 0 radical (unpaired) electrons. The largest absolute Gasteiger partial charge is 0.317 e. The molecule has 0 spiro atoms. The predicted octanol–water partition coefficient (Wildman–Crippen LogP) is 2.43. The number of hydrogen-bond donors (Lipinski definition) is 0. The average molecular weight is 155 g/mol. The Morgan fingerprint density at radius 3 is 2.90 bits per heavy atom. The van der Waals surface area contributed by atoms with Gasteiger partial charge in [0.1, 0.15) is 0 Å². The zero-order chi connectivity index (χ0) is 7.40. The van der Waals surface area contributed by atoms with Crippen LogP contribution in [0.4, 0.5) is 0 Å². The first kappa shape index (κ1) is 7.73. The second-order valence-electron chi connectivity index (χ2n) is 2.21. The van der Waals surface area contributed by atoms with Crippen molar-refractivity contribution in [3.8, 4) is 0 Å². The van der Waals surface area contributed by atoms with Gasteiger partial charge in [-0.15, -0.1) is 0 Å². The van der Waals surface area contributed by atoms with Crippen molar-refractivity contribution in [1.82, 2.24) is 4.31 Å². The third-order valence-electron chi connectivity index (χ3n) is 1.55.